The molecule has 2 nitrogen and oxygen atoms in total. The third-order valence-electron chi connectivity index (χ3n) is 1.56. The van der Waals surface area contributed by atoms with Gasteiger partial charge in [0.25, 0.3) is 0 Å². The Labute approximate surface area is 81.4 Å². The van der Waals surface area contributed by atoms with E-state index in [4.69, 9.17) is 0 Å². The van der Waals surface area contributed by atoms with E-state index >= 15 is 0 Å². The standard InChI is InChI=1S/C8H6F2O2.C2H6/c1-5-2-3-6-7(4-5)12-8(9,10)11-6;1-2/h2-4H,1H3;1-2H3. The van der Waals surface area contributed by atoms with Crippen LogP contribution in [0.15, 0.2) is 18.2 Å². The highest BCUT2D eigenvalue weighted by Crippen LogP contribution is 2.40. The van der Waals surface area contributed by atoms with Crippen molar-refractivity contribution in [1.29, 1.82) is 0 Å². The SMILES string of the molecule is CC.Cc1ccc2c(c1)OC(F)(F)O2. The largest absolute Gasteiger partial charge is 0.586 e. The van der Waals surface area contributed by atoms with Crippen LogP contribution in [0.1, 0.15) is 19.4 Å². The van der Waals surface area contributed by atoms with Gasteiger partial charge < -0.3 is 9.47 Å². The summed E-state index contributed by atoms with van der Waals surface area (Å²) in [5.41, 5.74) is 0.857. The molecule has 0 bridgehead atoms. The molecule has 0 saturated carbocycles. The number of fused-ring (bicyclic) bond motifs is 1. The summed E-state index contributed by atoms with van der Waals surface area (Å²) in [5, 5.41) is 0. The highest BCUT2D eigenvalue weighted by Gasteiger charge is 2.43. The lowest BCUT2D eigenvalue weighted by atomic mass is 10.2. The zero-order valence-electron chi connectivity index (χ0n) is 8.30. The van der Waals surface area contributed by atoms with Crippen LogP contribution in [-0.4, -0.2) is 6.29 Å². The zero-order valence-corrected chi connectivity index (χ0v) is 8.30. The molecule has 0 aromatic heterocycles. The maximum absolute atomic E-state index is 12.4. The average Bonchev–Trinajstić information content (AvgIpc) is 2.41. The van der Waals surface area contributed by atoms with Gasteiger partial charge in [-0.05, 0) is 24.6 Å². The second kappa shape index (κ2) is 3.82. The summed E-state index contributed by atoms with van der Waals surface area (Å²) in [6, 6.07) is 4.66. The van der Waals surface area contributed by atoms with E-state index in [2.05, 4.69) is 9.47 Å². The molecule has 0 saturated heterocycles. The van der Waals surface area contributed by atoms with Crippen molar-refractivity contribution in [2.45, 2.75) is 27.1 Å². The van der Waals surface area contributed by atoms with Gasteiger partial charge in [-0.25, -0.2) is 0 Å². The average molecular weight is 202 g/mol. The normalized spacial score (nSPS) is 15.8. The van der Waals surface area contributed by atoms with Gasteiger partial charge in [0.05, 0.1) is 0 Å². The van der Waals surface area contributed by atoms with E-state index in [1.54, 1.807) is 13.0 Å². The van der Waals surface area contributed by atoms with Crippen LogP contribution in [0.3, 0.4) is 0 Å². The van der Waals surface area contributed by atoms with Gasteiger partial charge in [-0.3, -0.25) is 0 Å². The van der Waals surface area contributed by atoms with E-state index in [0.29, 0.717) is 0 Å². The molecule has 78 valence electrons. The Morgan fingerprint density at radius 2 is 1.64 bits per heavy atom. The minimum absolute atomic E-state index is 0.0885. The van der Waals surface area contributed by atoms with E-state index in [1.807, 2.05) is 13.8 Å². The first-order valence-corrected chi connectivity index (χ1v) is 4.43. The second-order valence-corrected chi connectivity index (χ2v) is 2.62. The van der Waals surface area contributed by atoms with E-state index in [9.17, 15) is 8.78 Å². The Bertz CT molecular complexity index is 324. The summed E-state index contributed by atoms with van der Waals surface area (Å²) in [5.74, 6) is 0.186. The smallest absolute Gasteiger partial charge is 0.395 e. The molecule has 14 heavy (non-hydrogen) atoms. The summed E-state index contributed by atoms with van der Waals surface area (Å²) in [4.78, 5) is 0. The monoisotopic (exact) mass is 202 g/mol. The van der Waals surface area contributed by atoms with Gasteiger partial charge >= 0.3 is 6.29 Å². The predicted octanol–water partition coefficient (Wildman–Crippen LogP) is 3.34. The lowest BCUT2D eigenvalue weighted by molar-refractivity contribution is -0.286. The topological polar surface area (TPSA) is 18.5 Å². The Balaban J connectivity index is 0.000000461. The van der Waals surface area contributed by atoms with Crippen molar-refractivity contribution in [2.24, 2.45) is 0 Å². The summed E-state index contributed by atoms with van der Waals surface area (Å²) < 4.78 is 33.3. The number of hydrogen-bond acceptors (Lipinski definition) is 2. The van der Waals surface area contributed by atoms with Gasteiger partial charge in [-0.2, -0.15) is 0 Å². The Morgan fingerprint density at radius 1 is 1.07 bits per heavy atom. The summed E-state index contributed by atoms with van der Waals surface area (Å²) in [6.45, 7) is 5.79. The maximum Gasteiger partial charge on any atom is 0.586 e. The highest BCUT2D eigenvalue weighted by molar-refractivity contribution is 5.44. The first-order chi connectivity index (χ1) is 6.57. The first-order valence-electron chi connectivity index (χ1n) is 4.43. The van der Waals surface area contributed by atoms with Crippen molar-refractivity contribution in [3.63, 3.8) is 0 Å². The molecule has 1 aromatic carbocycles. The van der Waals surface area contributed by atoms with E-state index < -0.39 is 6.29 Å². The molecular weight excluding hydrogens is 190 g/mol. The van der Waals surface area contributed by atoms with Crippen LogP contribution >= 0.6 is 0 Å². The number of halogens is 2. The molecule has 1 heterocycles. The fourth-order valence-corrected chi connectivity index (χ4v) is 1.06. The number of rotatable bonds is 0. The first kappa shape index (κ1) is 10.8. The van der Waals surface area contributed by atoms with Crippen LogP contribution in [-0.2, 0) is 0 Å². The third kappa shape index (κ3) is 2.13. The molecular formula is C10H12F2O2. The molecule has 0 radical (unpaired) electrons. The minimum atomic E-state index is -3.50. The molecule has 4 heteroatoms. The van der Waals surface area contributed by atoms with Crippen LogP contribution in [0, 0.1) is 6.92 Å². The van der Waals surface area contributed by atoms with Crippen LogP contribution in [0.4, 0.5) is 8.78 Å². The van der Waals surface area contributed by atoms with Gasteiger partial charge in [0, 0.05) is 0 Å². The van der Waals surface area contributed by atoms with Crippen molar-refractivity contribution < 1.29 is 18.3 Å². The number of hydrogen-bond donors (Lipinski definition) is 0. The summed E-state index contributed by atoms with van der Waals surface area (Å²) in [6.07, 6.45) is -3.50. The number of ether oxygens (including phenoxy) is 2. The lowest BCUT2D eigenvalue weighted by Crippen LogP contribution is -2.25. The van der Waals surface area contributed by atoms with Crippen LogP contribution in [0.25, 0.3) is 0 Å². The van der Waals surface area contributed by atoms with Gasteiger partial charge in [-0.1, -0.05) is 19.9 Å². The molecule has 1 aromatic rings. The van der Waals surface area contributed by atoms with Crippen LogP contribution in [0.2, 0.25) is 0 Å². The van der Waals surface area contributed by atoms with Crippen molar-refractivity contribution >= 4 is 0 Å². The second-order valence-electron chi connectivity index (χ2n) is 2.62. The summed E-state index contributed by atoms with van der Waals surface area (Å²) in [7, 11) is 0. The van der Waals surface area contributed by atoms with Crippen LogP contribution < -0.4 is 9.47 Å². The Hall–Kier alpha value is -1.32. The van der Waals surface area contributed by atoms with Crippen molar-refractivity contribution in [3.8, 4) is 11.5 Å². The molecule has 0 amide bonds. The van der Waals surface area contributed by atoms with Crippen molar-refractivity contribution in [3.05, 3.63) is 23.8 Å². The quantitative estimate of drug-likeness (QED) is 0.642. The van der Waals surface area contributed by atoms with Gasteiger partial charge in [-0.15, -0.1) is 8.78 Å². The van der Waals surface area contributed by atoms with Gasteiger partial charge in [0.2, 0.25) is 0 Å². The van der Waals surface area contributed by atoms with Gasteiger partial charge in [0.15, 0.2) is 11.5 Å². The van der Waals surface area contributed by atoms with Crippen molar-refractivity contribution in [1.82, 2.24) is 0 Å². The minimum Gasteiger partial charge on any atom is -0.395 e. The number of benzene rings is 1. The Kier molecular flexibility index (Phi) is 2.93. The van der Waals surface area contributed by atoms with E-state index in [0.717, 1.165) is 5.56 Å². The number of alkyl halides is 2. The summed E-state index contributed by atoms with van der Waals surface area (Å²) >= 11 is 0. The molecule has 1 aliphatic rings. The molecule has 0 atom stereocenters. The van der Waals surface area contributed by atoms with E-state index in [1.165, 1.54) is 12.1 Å². The fraction of sp³-hybridized carbons (Fsp3) is 0.400. The lowest BCUT2D eigenvalue weighted by Gasteiger charge is -2.04. The number of aryl methyl sites for hydroxylation is 1. The highest BCUT2D eigenvalue weighted by atomic mass is 19.3. The molecule has 0 unspecified atom stereocenters. The zero-order chi connectivity index (χ0) is 10.8. The Morgan fingerprint density at radius 3 is 2.29 bits per heavy atom. The predicted molar refractivity (Wildman–Crippen MR) is 48.7 cm³/mol. The molecule has 0 fully saturated rings. The molecule has 0 spiro atoms. The van der Waals surface area contributed by atoms with E-state index in [-0.39, 0.29) is 11.5 Å². The molecule has 0 N–H and O–H groups in total. The molecule has 0 aliphatic carbocycles. The van der Waals surface area contributed by atoms with Gasteiger partial charge in [0.1, 0.15) is 0 Å². The van der Waals surface area contributed by atoms with Crippen molar-refractivity contribution in [2.75, 3.05) is 0 Å². The molecule has 1 aliphatic heterocycles. The third-order valence-corrected chi connectivity index (χ3v) is 1.56. The van der Waals surface area contributed by atoms with Crippen LogP contribution in [0.5, 0.6) is 11.5 Å². The fourth-order valence-electron chi connectivity index (χ4n) is 1.06. The maximum atomic E-state index is 12.4. The molecule has 2 rings (SSSR count).